The summed E-state index contributed by atoms with van der Waals surface area (Å²) in [6.07, 6.45) is 1.51. The Labute approximate surface area is 157 Å². The van der Waals surface area contributed by atoms with Crippen molar-refractivity contribution in [3.05, 3.63) is 70.5 Å². The van der Waals surface area contributed by atoms with Crippen LogP contribution in [-0.4, -0.2) is 29.8 Å². The third-order valence-electron chi connectivity index (χ3n) is 4.53. The molecular weight excluding hydrogens is 355 g/mol. The van der Waals surface area contributed by atoms with Crippen LogP contribution in [0.25, 0.3) is 0 Å². The van der Waals surface area contributed by atoms with Crippen LogP contribution >= 0.6 is 11.6 Å². The maximum atomic E-state index is 13.0. The standard InChI is InChI=1S/C20H20ClFN2O2/c21-17-5-1-3-14(11-17)12-23-19(25)16-4-2-10-24(13-16)20(26)15-6-8-18(22)9-7-15/h1,3,5-9,11,16H,2,4,10,12-13H2,(H,23,25). The Balaban J connectivity index is 1.58. The van der Waals surface area contributed by atoms with Crippen molar-refractivity contribution in [1.82, 2.24) is 10.2 Å². The van der Waals surface area contributed by atoms with Crippen molar-refractivity contribution in [2.24, 2.45) is 5.92 Å². The zero-order valence-corrected chi connectivity index (χ0v) is 15.0. The minimum atomic E-state index is -0.376. The number of piperidine rings is 1. The molecule has 1 heterocycles. The van der Waals surface area contributed by atoms with Crippen LogP contribution in [-0.2, 0) is 11.3 Å². The highest BCUT2D eigenvalue weighted by Crippen LogP contribution is 2.19. The van der Waals surface area contributed by atoms with Gasteiger partial charge in [-0.05, 0) is 54.8 Å². The number of carbonyl (C=O) groups excluding carboxylic acids is 2. The van der Waals surface area contributed by atoms with E-state index in [0.717, 1.165) is 18.4 Å². The van der Waals surface area contributed by atoms with Gasteiger partial charge in [0.05, 0.1) is 5.92 Å². The molecular formula is C20H20ClFN2O2. The fourth-order valence-corrected chi connectivity index (χ4v) is 3.34. The third kappa shape index (κ3) is 4.61. The van der Waals surface area contributed by atoms with E-state index < -0.39 is 0 Å². The Bertz CT molecular complexity index is 795. The fourth-order valence-electron chi connectivity index (χ4n) is 3.13. The molecule has 0 spiro atoms. The van der Waals surface area contributed by atoms with E-state index in [-0.39, 0.29) is 23.5 Å². The molecule has 1 N–H and O–H groups in total. The first-order chi connectivity index (χ1) is 12.5. The summed E-state index contributed by atoms with van der Waals surface area (Å²) in [5.74, 6) is -0.857. The van der Waals surface area contributed by atoms with E-state index in [9.17, 15) is 14.0 Å². The van der Waals surface area contributed by atoms with Crippen LogP contribution in [0.1, 0.15) is 28.8 Å². The first-order valence-corrected chi connectivity index (χ1v) is 8.98. The minimum Gasteiger partial charge on any atom is -0.352 e. The van der Waals surface area contributed by atoms with Crippen LogP contribution < -0.4 is 5.32 Å². The summed E-state index contributed by atoms with van der Waals surface area (Å²) >= 11 is 5.95. The number of benzene rings is 2. The summed E-state index contributed by atoms with van der Waals surface area (Å²) in [6.45, 7) is 1.38. The largest absolute Gasteiger partial charge is 0.352 e. The number of carbonyl (C=O) groups is 2. The van der Waals surface area contributed by atoms with Crippen molar-refractivity contribution in [3.8, 4) is 0 Å². The van der Waals surface area contributed by atoms with Crippen molar-refractivity contribution < 1.29 is 14.0 Å². The average Bonchev–Trinajstić information content (AvgIpc) is 2.66. The lowest BCUT2D eigenvalue weighted by Crippen LogP contribution is -2.45. The van der Waals surface area contributed by atoms with E-state index in [4.69, 9.17) is 11.6 Å². The van der Waals surface area contributed by atoms with E-state index in [2.05, 4.69) is 5.32 Å². The molecule has 0 radical (unpaired) electrons. The van der Waals surface area contributed by atoms with Gasteiger partial charge in [-0.2, -0.15) is 0 Å². The molecule has 4 nitrogen and oxygen atoms in total. The highest BCUT2D eigenvalue weighted by atomic mass is 35.5. The molecule has 0 aromatic heterocycles. The number of rotatable bonds is 4. The SMILES string of the molecule is O=C(NCc1cccc(Cl)c1)C1CCCN(C(=O)c2ccc(F)cc2)C1. The summed E-state index contributed by atoms with van der Waals surface area (Å²) in [5.41, 5.74) is 1.37. The second-order valence-corrected chi connectivity index (χ2v) is 6.88. The summed E-state index contributed by atoms with van der Waals surface area (Å²) in [7, 11) is 0. The van der Waals surface area contributed by atoms with Crippen molar-refractivity contribution in [1.29, 1.82) is 0 Å². The van der Waals surface area contributed by atoms with Crippen molar-refractivity contribution in [3.63, 3.8) is 0 Å². The van der Waals surface area contributed by atoms with Gasteiger partial charge < -0.3 is 10.2 Å². The van der Waals surface area contributed by atoms with Gasteiger partial charge in [0.25, 0.3) is 5.91 Å². The Morgan fingerprint density at radius 2 is 1.96 bits per heavy atom. The van der Waals surface area contributed by atoms with Gasteiger partial charge >= 0.3 is 0 Å². The van der Waals surface area contributed by atoms with Crippen molar-refractivity contribution in [2.45, 2.75) is 19.4 Å². The van der Waals surface area contributed by atoms with Gasteiger partial charge in [0.15, 0.2) is 0 Å². The van der Waals surface area contributed by atoms with Gasteiger partial charge in [-0.25, -0.2) is 4.39 Å². The lowest BCUT2D eigenvalue weighted by atomic mass is 9.96. The predicted octanol–water partition coefficient (Wildman–Crippen LogP) is 3.65. The van der Waals surface area contributed by atoms with Gasteiger partial charge in [-0.1, -0.05) is 23.7 Å². The zero-order chi connectivity index (χ0) is 18.5. The van der Waals surface area contributed by atoms with E-state index in [1.807, 2.05) is 18.2 Å². The molecule has 1 atom stereocenters. The monoisotopic (exact) mass is 374 g/mol. The number of hydrogen-bond donors (Lipinski definition) is 1. The molecule has 0 bridgehead atoms. The Kier molecular flexibility index (Phi) is 5.89. The number of nitrogens with zero attached hydrogens (tertiary/aromatic N) is 1. The minimum absolute atomic E-state index is 0.0680. The molecule has 0 aliphatic carbocycles. The summed E-state index contributed by atoms with van der Waals surface area (Å²) in [5, 5.41) is 3.55. The molecule has 136 valence electrons. The zero-order valence-electron chi connectivity index (χ0n) is 14.3. The van der Waals surface area contributed by atoms with Gasteiger partial charge in [-0.15, -0.1) is 0 Å². The first-order valence-electron chi connectivity index (χ1n) is 8.60. The number of nitrogens with one attached hydrogen (secondary N) is 1. The molecule has 2 aromatic rings. The Hall–Kier alpha value is -2.40. The van der Waals surface area contributed by atoms with E-state index >= 15 is 0 Å². The number of amides is 2. The van der Waals surface area contributed by atoms with Crippen LogP contribution in [0.3, 0.4) is 0 Å². The first kappa shape index (κ1) is 18.4. The molecule has 1 unspecified atom stereocenters. The van der Waals surface area contributed by atoms with E-state index in [1.165, 1.54) is 24.3 Å². The average molecular weight is 375 g/mol. The molecule has 26 heavy (non-hydrogen) atoms. The van der Waals surface area contributed by atoms with Gasteiger partial charge in [-0.3, -0.25) is 9.59 Å². The van der Waals surface area contributed by atoms with Gasteiger partial charge in [0.1, 0.15) is 5.82 Å². The van der Waals surface area contributed by atoms with Crippen LogP contribution in [0.4, 0.5) is 4.39 Å². The predicted molar refractivity (Wildman–Crippen MR) is 98.3 cm³/mol. The summed E-state index contributed by atoms with van der Waals surface area (Å²) < 4.78 is 13.0. The molecule has 2 amide bonds. The van der Waals surface area contributed by atoms with Crippen molar-refractivity contribution >= 4 is 23.4 Å². The van der Waals surface area contributed by atoms with Crippen LogP contribution in [0, 0.1) is 11.7 Å². The normalized spacial score (nSPS) is 17.0. The third-order valence-corrected chi connectivity index (χ3v) is 4.76. The van der Waals surface area contributed by atoms with Crippen LogP contribution in [0.2, 0.25) is 5.02 Å². The second kappa shape index (κ2) is 8.32. The van der Waals surface area contributed by atoms with Gasteiger partial charge in [0.2, 0.25) is 5.91 Å². The van der Waals surface area contributed by atoms with E-state index in [0.29, 0.717) is 30.2 Å². The summed E-state index contributed by atoms with van der Waals surface area (Å²) in [4.78, 5) is 26.7. The highest BCUT2D eigenvalue weighted by Gasteiger charge is 2.28. The van der Waals surface area contributed by atoms with Crippen LogP contribution in [0.15, 0.2) is 48.5 Å². The quantitative estimate of drug-likeness (QED) is 0.888. The molecule has 1 aliphatic heterocycles. The molecule has 3 rings (SSSR count). The molecule has 1 aliphatic rings. The molecule has 6 heteroatoms. The number of hydrogen-bond acceptors (Lipinski definition) is 2. The topological polar surface area (TPSA) is 49.4 Å². The van der Waals surface area contributed by atoms with E-state index in [1.54, 1.807) is 11.0 Å². The Morgan fingerprint density at radius 3 is 2.69 bits per heavy atom. The smallest absolute Gasteiger partial charge is 0.253 e. The highest BCUT2D eigenvalue weighted by molar-refractivity contribution is 6.30. The maximum absolute atomic E-state index is 13.0. The molecule has 0 saturated carbocycles. The summed E-state index contributed by atoms with van der Waals surface area (Å²) in [6, 6.07) is 12.8. The fraction of sp³-hybridized carbons (Fsp3) is 0.300. The maximum Gasteiger partial charge on any atom is 0.253 e. The second-order valence-electron chi connectivity index (χ2n) is 6.44. The lowest BCUT2D eigenvalue weighted by Gasteiger charge is -2.32. The van der Waals surface area contributed by atoms with Crippen LogP contribution in [0.5, 0.6) is 0 Å². The lowest BCUT2D eigenvalue weighted by molar-refractivity contribution is -0.126. The molecule has 2 aromatic carbocycles. The Morgan fingerprint density at radius 1 is 1.19 bits per heavy atom. The number of likely N-dealkylation sites (tertiary alicyclic amines) is 1. The van der Waals surface area contributed by atoms with Gasteiger partial charge in [0, 0.05) is 30.2 Å². The molecule has 1 saturated heterocycles. The van der Waals surface area contributed by atoms with Crippen molar-refractivity contribution in [2.75, 3.05) is 13.1 Å². The molecule has 1 fully saturated rings. The number of halogens is 2.